The fraction of sp³-hybridized carbons (Fsp3) is 0.316. The standard InChI is InChI=1S/C19H21FN2O5/c1-3-26-18(27-4-2)13-21(16-11-7-15(20)8-12-16)19(23)14-5-9-17(10-6-14)22(24)25/h5-12,18H,3-4,13H2,1-2H3. The van der Waals surface area contributed by atoms with Gasteiger partial charge in [0.1, 0.15) is 5.82 Å². The summed E-state index contributed by atoms with van der Waals surface area (Å²) in [7, 11) is 0. The lowest BCUT2D eigenvalue weighted by atomic mass is 10.1. The smallest absolute Gasteiger partial charge is 0.269 e. The van der Waals surface area contributed by atoms with Crippen molar-refractivity contribution >= 4 is 17.3 Å². The SMILES string of the molecule is CCOC(CN(C(=O)c1ccc([N+](=O)[O-])cc1)c1ccc(F)cc1)OCC. The molecule has 7 nitrogen and oxygen atoms in total. The second-order valence-corrected chi connectivity index (χ2v) is 5.54. The number of ether oxygens (including phenoxy) is 2. The van der Waals surface area contributed by atoms with Crippen LogP contribution in [0.3, 0.4) is 0 Å². The second-order valence-electron chi connectivity index (χ2n) is 5.54. The molecule has 0 saturated carbocycles. The van der Waals surface area contributed by atoms with Crippen LogP contribution in [0, 0.1) is 15.9 Å². The van der Waals surface area contributed by atoms with Crippen molar-refractivity contribution in [3.8, 4) is 0 Å². The van der Waals surface area contributed by atoms with Crippen LogP contribution in [-0.2, 0) is 9.47 Å². The molecule has 144 valence electrons. The van der Waals surface area contributed by atoms with Gasteiger partial charge in [-0.2, -0.15) is 0 Å². The van der Waals surface area contributed by atoms with E-state index in [9.17, 15) is 19.3 Å². The van der Waals surface area contributed by atoms with Crippen molar-refractivity contribution < 1.29 is 23.6 Å². The summed E-state index contributed by atoms with van der Waals surface area (Å²) < 4.78 is 24.3. The molecule has 2 aromatic carbocycles. The van der Waals surface area contributed by atoms with E-state index in [0.29, 0.717) is 18.9 Å². The largest absolute Gasteiger partial charge is 0.351 e. The fourth-order valence-corrected chi connectivity index (χ4v) is 2.48. The van der Waals surface area contributed by atoms with Crippen LogP contribution >= 0.6 is 0 Å². The average molecular weight is 376 g/mol. The van der Waals surface area contributed by atoms with E-state index in [1.165, 1.54) is 53.4 Å². The number of halogens is 1. The summed E-state index contributed by atoms with van der Waals surface area (Å²) in [5.41, 5.74) is 0.613. The molecule has 0 aliphatic carbocycles. The summed E-state index contributed by atoms with van der Waals surface area (Å²) in [4.78, 5) is 24.7. The minimum atomic E-state index is -0.660. The number of carbonyl (C=O) groups is 1. The number of amides is 1. The molecule has 0 aliphatic heterocycles. The van der Waals surface area contributed by atoms with E-state index in [1.807, 2.05) is 13.8 Å². The van der Waals surface area contributed by atoms with Gasteiger partial charge in [0.2, 0.25) is 0 Å². The van der Waals surface area contributed by atoms with E-state index in [4.69, 9.17) is 9.47 Å². The Hall–Kier alpha value is -2.84. The number of hydrogen-bond acceptors (Lipinski definition) is 5. The lowest BCUT2D eigenvalue weighted by Crippen LogP contribution is -2.40. The Morgan fingerprint density at radius 2 is 1.63 bits per heavy atom. The predicted octanol–water partition coefficient (Wildman–Crippen LogP) is 3.78. The molecule has 0 bridgehead atoms. The third-order valence-corrected chi connectivity index (χ3v) is 3.75. The van der Waals surface area contributed by atoms with Crippen LogP contribution in [0.2, 0.25) is 0 Å². The summed E-state index contributed by atoms with van der Waals surface area (Å²) in [6, 6.07) is 10.8. The van der Waals surface area contributed by atoms with E-state index >= 15 is 0 Å². The molecule has 1 amide bonds. The topological polar surface area (TPSA) is 81.9 Å². The van der Waals surface area contributed by atoms with Crippen molar-refractivity contribution in [2.75, 3.05) is 24.7 Å². The Balaban J connectivity index is 2.33. The van der Waals surface area contributed by atoms with E-state index < -0.39 is 22.9 Å². The molecule has 0 atom stereocenters. The highest BCUT2D eigenvalue weighted by atomic mass is 19.1. The molecule has 0 heterocycles. The zero-order chi connectivity index (χ0) is 19.8. The normalized spacial score (nSPS) is 10.8. The van der Waals surface area contributed by atoms with E-state index in [-0.39, 0.29) is 17.8 Å². The Morgan fingerprint density at radius 1 is 1.07 bits per heavy atom. The number of nitro groups is 1. The third-order valence-electron chi connectivity index (χ3n) is 3.75. The van der Waals surface area contributed by atoms with Gasteiger partial charge in [-0.3, -0.25) is 14.9 Å². The van der Waals surface area contributed by atoms with Gasteiger partial charge in [-0.15, -0.1) is 0 Å². The quantitative estimate of drug-likeness (QED) is 0.378. The molecule has 27 heavy (non-hydrogen) atoms. The van der Waals surface area contributed by atoms with Crippen molar-refractivity contribution in [3.63, 3.8) is 0 Å². The van der Waals surface area contributed by atoms with Crippen LogP contribution in [0.15, 0.2) is 48.5 Å². The molecule has 8 heteroatoms. The molecule has 0 aromatic heterocycles. The van der Waals surface area contributed by atoms with Gasteiger partial charge in [-0.05, 0) is 50.2 Å². The number of non-ortho nitro benzene ring substituents is 1. The highest BCUT2D eigenvalue weighted by molar-refractivity contribution is 6.06. The molecule has 0 saturated heterocycles. The van der Waals surface area contributed by atoms with Gasteiger partial charge < -0.3 is 14.4 Å². The highest BCUT2D eigenvalue weighted by Gasteiger charge is 2.23. The van der Waals surface area contributed by atoms with Crippen LogP contribution in [0.1, 0.15) is 24.2 Å². The number of benzene rings is 2. The zero-order valence-electron chi connectivity index (χ0n) is 15.1. The first-order valence-electron chi connectivity index (χ1n) is 8.51. The summed E-state index contributed by atoms with van der Waals surface area (Å²) in [6.07, 6.45) is -0.660. The fourth-order valence-electron chi connectivity index (χ4n) is 2.48. The van der Waals surface area contributed by atoms with Crippen LogP contribution in [0.4, 0.5) is 15.8 Å². The van der Waals surface area contributed by atoms with E-state index in [0.717, 1.165) is 0 Å². The lowest BCUT2D eigenvalue weighted by Gasteiger charge is -2.27. The molecular formula is C19H21FN2O5. The van der Waals surface area contributed by atoms with Crippen LogP contribution in [0.5, 0.6) is 0 Å². The zero-order valence-corrected chi connectivity index (χ0v) is 15.1. The molecule has 2 rings (SSSR count). The van der Waals surface area contributed by atoms with Crippen LogP contribution in [0.25, 0.3) is 0 Å². The molecule has 0 spiro atoms. The second kappa shape index (κ2) is 9.75. The Kier molecular flexibility index (Phi) is 7.39. The maximum Gasteiger partial charge on any atom is 0.269 e. The van der Waals surface area contributed by atoms with Gasteiger partial charge in [-0.1, -0.05) is 0 Å². The minimum absolute atomic E-state index is 0.0864. The Bertz CT molecular complexity index is 759. The van der Waals surface area contributed by atoms with E-state index in [2.05, 4.69) is 0 Å². The van der Waals surface area contributed by atoms with Crippen LogP contribution in [-0.4, -0.2) is 36.9 Å². The van der Waals surface area contributed by atoms with Gasteiger partial charge in [0.25, 0.3) is 11.6 Å². The van der Waals surface area contributed by atoms with E-state index in [1.54, 1.807) is 0 Å². The van der Waals surface area contributed by atoms with Crippen molar-refractivity contribution in [2.45, 2.75) is 20.1 Å². The first-order valence-corrected chi connectivity index (χ1v) is 8.51. The summed E-state index contributed by atoms with van der Waals surface area (Å²) in [6.45, 7) is 4.50. The number of rotatable bonds is 9. The van der Waals surface area contributed by atoms with Crippen molar-refractivity contribution in [1.29, 1.82) is 0 Å². The monoisotopic (exact) mass is 376 g/mol. The lowest BCUT2D eigenvalue weighted by molar-refractivity contribution is -0.384. The number of carbonyl (C=O) groups excluding carboxylic acids is 1. The number of nitro benzene ring substituents is 1. The van der Waals surface area contributed by atoms with Crippen molar-refractivity contribution in [2.24, 2.45) is 0 Å². The molecular weight excluding hydrogens is 355 g/mol. The van der Waals surface area contributed by atoms with Gasteiger partial charge in [-0.25, -0.2) is 4.39 Å². The van der Waals surface area contributed by atoms with Crippen LogP contribution < -0.4 is 4.90 Å². The van der Waals surface area contributed by atoms with Gasteiger partial charge in [0.15, 0.2) is 6.29 Å². The molecule has 0 radical (unpaired) electrons. The maximum absolute atomic E-state index is 13.3. The third kappa shape index (κ3) is 5.57. The van der Waals surface area contributed by atoms with Gasteiger partial charge in [0, 0.05) is 36.6 Å². The van der Waals surface area contributed by atoms with Crippen molar-refractivity contribution in [3.05, 3.63) is 70.0 Å². The Labute approximate surface area is 156 Å². The average Bonchev–Trinajstić information content (AvgIpc) is 2.67. The minimum Gasteiger partial charge on any atom is -0.351 e. The molecule has 0 fully saturated rings. The number of hydrogen-bond donors (Lipinski definition) is 0. The Morgan fingerprint density at radius 3 is 2.11 bits per heavy atom. The predicted molar refractivity (Wildman–Crippen MR) is 98.2 cm³/mol. The van der Waals surface area contributed by atoms with Gasteiger partial charge in [0.05, 0.1) is 11.5 Å². The number of nitrogens with zero attached hydrogens (tertiary/aromatic N) is 2. The molecule has 0 aliphatic rings. The van der Waals surface area contributed by atoms with Gasteiger partial charge >= 0.3 is 0 Å². The molecule has 0 unspecified atom stereocenters. The first kappa shape index (κ1) is 20.5. The van der Waals surface area contributed by atoms with Crippen molar-refractivity contribution in [1.82, 2.24) is 0 Å². The summed E-state index contributed by atoms with van der Waals surface area (Å²) in [5, 5.41) is 10.8. The molecule has 0 N–H and O–H groups in total. The summed E-state index contributed by atoms with van der Waals surface area (Å²) >= 11 is 0. The number of anilines is 1. The molecule has 2 aromatic rings. The maximum atomic E-state index is 13.3. The first-order chi connectivity index (χ1) is 13.0. The highest BCUT2D eigenvalue weighted by Crippen LogP contribution is 2.21. The summed E-state index contributed by atoms with van der Waals surface area (Å²) in [5.74, 6) is -0.825.